The lowest BCUT2D eigenvalue weighted by atomic mass is 9.99. The van der Waals surface area contributed by atoms with Gasteiger partial charge in [-0.05, 0) is 23.8 Å². The van der Waals surface area contributed by atoms with Gasteiger partial charge in [-0.25, -0.2) is 4.39 Å². The average Bonchev–Trinajstić information content (AvgIpc) is 3.30. The molecule has 2 heterocycles. The van der Waals surface area contributed by atoms with Crippen molar-refractivity contribution in [1.82, 2.24) is 15.2 Å². The number of benzene rings is 2. The lowest BCUT2D eigenvalue weighted by Crippen LogP contribution is -2.10. The van der Waals surface area contributed by atoms with Gasteiger partial charge in [0.25, 0.3) is 0 Å². The van der Waals surface area contributed by atoms with Crippen LogP contribution in [0.3, 0.4) is 0 Å². The van der Waals surface area contributed by atoms with Gasteiger partial charge in [0.05, 0.1) is 6.20 Å². The maximum absolute atomic E-state index is 13.0. The number of carbonyl (C=O) groups excluding carboxylic acids is 2. The van der Waals surface area contributed by atoms with Crippen LogP contribution in [0.5, 0.6) is 0 Å². The van der Waals surface area contributed by atoms with Gasteiger partial charge in [0.2, 0.25) is 0 Å². The van der Waals surface area contributed by atoms with Gasteiger partial charge in [0.15, 0.2) is 11.6 Å². The van der Waals surface area contributed by atoms with Crippen molar-refractivity contribution >= 4 is 22.5 Å². The van der Waals surface area contributed by atoms with E-state index in [4.69, 9.17) is 0 Å². The number of nitrogens with zero attached hydrogens (tertiary/aromatic N) is 1. The fourth-order valence-electron chi connectivity index (χ4n) is 3.13. The molecule has 0 bridgehead atoms. The number of rotatable bonds is 6. The third kappa shape index (κ3) is 3.42. The second kappa shape index (κ2) is 6.99. The largest absolute Gasteiger partial charge is 0.360 e. The zero-order valence-corrected chi connectivity index (χ0v) is 14.3. The van der Waals surface area contributed by atoms with Crippen molar-refractivity contribution in [3.05, 3.63) is 89.1 Å². The minimum absolute atomic E-state index is 0.0723. The summed E-state index contributed by atoms with van der Waals surface area (Å²) in [6, 6.07) is 13.3. The first-order valence-electron chi connectivity index (χ1n) is 8.51. The molecule has 6 heteroatoms. The summed E-state index contributed by atoms with van der Waals surface area (Å²) in [5.41, 5.74) is 3.04. The van der Waals surface area contributed by atoms with E-state index >= 15 is 0 Å². The molecule has 4 aromatic rings. The number of nitrogens with one attached hydrogen (secondary N) is 2. The van der Waals surface area contributed by atoms with Crippen LogP contribution in [-0.4, -0.2) is 26.7 Å². The number of fused-ring (bicyclic) bond motifs is 1. The molecule has 0 aliphatic rings. The van der Waals surface area contributed by atoms with Crippen LogP contribution in [0, 0.1) is 5.82 Å². The number of Topliss-reactive ketones (excluding diaryl/α,β-unsaturated/α-hetero) is 2. The lowest BCUT2D eigenvalue weighted by Gasteiger charge is -2.03. The quantitative estimate of drug-likeness (QED) is 0.512. The van der Waals surface area contributed by atoms with Crippen molar-refractivity contribution in [3.8, 4) is 0 Å². The van der Waals surface area contributed by atoms with Crippen LogP contribution >= 0.6 is 0 Å². The van der Waals surface area contributed by atoms with Gasteiger partial charge in [-0.15, -0.1) is 0 Å². The predicted octanol–water partition coefficient (Wildman–Crippen LogP) is 3.88. The van der Waals surface area contributed by atoms with Gasteiger partial charge >= 0.3 is 0 Å². The molecule has 27 heavy (non-hydrogen) atoms. The van der Waals surface area contributed by atoms with E-state index in [1.165, 1.54) is 18.3 Å². The minimum atomic E-state index is -0.349. The molecule has 0 spiro atoms. The molecule has 4 rings (SSSR count). The first-order valence-corrected chi connectivity index (χ1v) is 8.51. The molecule has 2 N–H and O–H groups in total. The molecule has 2 aromatic carbocycles. The maximum atomic E-state index is 13.0. The van der Waals surface area contributed by atoms with Crippen LogP contribution in [0.2, 0.25) is 0 Å². The molecule has 5 nitrogen and oxygen atoms in total. The van der Waals surface area contributed by atoms with E-state index in [1.54, 1.807) is 18.3 Å². The predicted molar refractivity (Wildman–Crippen MR) is 99.4 cm³/mol. The Hall–Kier alpha value is -3.54. The van der Waals surface area contributed by atoms with Crippen molar-refractivity contribution in [2.24, 2.45) is 0 Å². The molecule has 0 fully saturated rings. The fourth-order valence-corrected chi connectivity index (χ4v) is 3.13. The number of carbonyl (C=O) groups is 2. The van der Waals surface area contributed by atoms with Crippen molar-refractivity contribution in [2.75, 3.05) is 0 Å². The summed E-state index contributed by atoms with van der Waals surface area (Å²) in [6.07, 6.45) is 3.37. The van der Waals surface area contributed by atoms with E-state index in [2.05, 4.69) is 15.2 Å². The second-order valence-electron chi connectivity index (χ2n) is 6.34. The molecule has 0 atom stereocenters. The number of H-pyrrole nitrogens is 2. The summed E-state index contributed by atoms with van der Waals surface area (Å²) in [5.74, 6) is -0.636. The number of hydrogen-bond acceptors (Lipinski definition) is 3. The topological polar surface area (TPSA) is 78.6 Å². The van der Waals surface area contributed by atoms with Gasteiger partial charge in [0, 0.05) is 41.1 Å². The Morgan fingerprint density at radius 3 is 2.56 bits per heavy atom. The molecule has 0 amide bonds. The average molecular weight is 361 g/mol. The fraction of sp³-hybridized carbons (Fsp3) is 0.0952. The molecule has 2 aromatic heterocycles. The van der Waals surface area contributed by atoms with Crippen LogP contribution in [0.15, 0.2) is 60.9 Å². The van der Waals surface area contributed by atoms with E-state index in [9.17, 15) is 14.0 Å². The Kier molecular flexibility index (Phi) is 4.38. The number of aromatic amines is 2. The Morgan fingerprint density at radius 2 is 1.74 bits per heavy atom. The van der Waals surface area contributed by atoms with E-state index in [1.807, 2.05) is 24.3 Å². The molecular weight excluding hydrogens is 345 g/mol. The summed E-state index contributed by atoms with van der Waals surface area (Å²) in [5, 5.41) is 7.47. The highest BCUT2D eigenvalue weighted by Crippen LogP contribution is 2.20. The summed E-state index contributed by atoms with van der Waals surface area (Å²) in [4.78, 5) is 28.4. The molecule has 0 aliphatic heterocycles. The normalized spacial score (nSPS) is 11.0. The van der Waals surface area contributed by atoms with E-state index in [0.717, 1.165) is 10.9 Å². The molecule has 0 saturated carbocycles. The summed E-state index contributed by atoms with van der Waals surface area (Å²) in [7, 11) is 0. The molecule has 0 unspecified atom stereocenters. The van der Waals surface area contributed by atoms with Crippen molar-refractivity contribution < 1.29 is 14.0 Å². The molecule has 0 radical (unpaired) electrons. The van der Waals surface area contributed by atoms with Crippen molar-refractivity contribution in [3.63, 3.8) is 0 Å². The monoisotopic (exact) mass is 361 g/mol. The van der Waals surface area contributed by atoms with Gasteiger partial charge in [-0.3, -0.25) is 14.7 Å². The van der Waals surface area contributed by atoms with Gasteiger partial charge in [0.1, 0.15) is 11.5 Å². The zero-order valence-electron chi connectivity index (χ0n) is 14.3. The van der Waals surface area contributed by atoms with Crippen LogP contribution < -0.4 is 0 Å². The van der Waals surface area contributed by atoms with Crippen LogP contribution in [0.1, 0.15) is 32.0 Å². The highest BCUT2D eigenvalue weighted by molar-refractivity contribution is 6.09. The SMILES string of the molecule is O=C(Cc1ccc(F)cc1)c1[nH]ncc1CC(=O)c1c[nH]c2ccccc12. The Labute approximate surface area is 154 Å². The van der Waals surface area contributed by atoms with Gasteiger partial charge in [-0.1, -0.05) is 30.3 Å². The Balaban J connectivity index is 1.54. The van der Waals surface area contributed by atoms with Gasteiger partial charge < -0.3 is 4.98 Å². The summed E-state index contributed by atoms with van der Waals surface area (Å²) >= 11 is 0. The molecular formula is C21H16FN3O2. The lowest BCUT2D eigenvalue weighted by molar-refractivity contribution is 0.0986. The van der Waals surface area contributed by atoms with Crippen molar-refractivity contribution in [2.45, 2.75) is 12.8 Å². The molecule has 0 aliphatic carbocycles. The Morgan fingerprint density at radius 1 is 0.963 bits per heavy atom. The van der Waals surface area contributed by atoms with E-state index in [-0.39, 0.29) is 30.2 Å². The van der Waals surface area contributed by atoms with Crippen LogP contribution in [0.25, 0.3) is 10.9 Å². The maximum Gasteiger partial charge on any atom is 0.185 e. The third-order valence-corrected chi connectivity index (χ3v) is 4.52. The zero-order chi connectivity index (χ0) is 18.8. The summed E-state index contributed by atoms with van der Waals surface area (Å²) < 4.78 is 13.0. The standard InChI is InChI=1S/C21H16FN3O2/c22-15-7-5-13(6-8-15)9-20(27)21-14(11-24-25-21)10-19(26)17-12-23-18-4-2-1-3-16(17)18/h1-8,11-12,23H,9-10H2,(H,24,25). The number of ketones is 2. The Bertz CT molecular complexity index is 1130. The first kappa shape index (κ1) is 16.9. The number of para-hydroxylation sites is 1. The van der Waals surface area contributed by atoms with Crippen molar-refractivity contribution in [1.29, 1.82) is 0 Å². The number of hydrogen-bond donors (Lipinski definition) is 2. The molecule has 134 valence electrons. The molecule has 0 saturated heterocycles. The van der Waals surface area contributed by atoms with Crippen LogP contribution in [-0.2, 0) is 12.8 Å². The third-order valence-electron chi connectivity index (χ3n) is 4.52. The number of halogens is 1. The minimum Gasteiger partial charge on any atom is -0.360 e. The number of aromatic nitrogens is 3. The summed E-state index contributed by atoms with van der Waals surface area (Å²) in [6.45, 7) is 0. The van der Waals surface area contributed by atoms with E-state index < -0.39 is 0 Å². The van der Waals surface area contributed by atoms with Gasteiger partial charge in [-0.2, -0.15) is 5.10 Å². The van der Waals surface area contributed by atoms with Crippen LogP contribution in [0.4, 0.5) is 4.39 Å². The highest BCUT2D eigenvalue weighted by atomic mass is 19.1. The highest BCUT2D eigenvalue weighted by Gasteiger charge is 2.19. The smallest absolute Gasteiger partial charge is 0.185 e. The second-order valence-corrected chi connectivity index (χ2v) is 6.34. The van der Waals surface area contributed by atoms with E-state index in [0.29, 0.717) is 22.4 Å². The first-order chi connectivity index (χ1) is 13.1.